The van der Waals surface area contributed by atoms with Crippen LogP contribution in [0, 0.1) is 0 Å². The van der Waals surface area contributed by atoms with Crippen LogP contribution in [0.1, 0.15) is 31.1 Å². The molecule has 0 saturated heterocycles. The summed E-state index contributed by atoms with van der Waals surface area (Å²) >= 11 is 11.9. The van der Waals surface area contributed by atoms with Crippen molar-refractivity contribution in [3.05, 3.63) is 93.5 Å². The SMILES string of the molecule is COc1ccc(Cl)cc1C(=O)Nc1cccc(C(=O)NNC(=O)c2ccccc2Cl)c1. The van der Waals surface area contributed by atoms with Crippen molar-refractivity contribution in [3.8, 4) is 5.75 Å². The summed E-state index contributed by atoms with van der Waals surface area (Å²) in [4.78, 5) is 37.2. The minimum Gasteiger partial charge on any atom is -0.496 e. The van der Waals surface area contributed by atoms with Gasteiger partial charge in [0.25, 0.3) is 17.7 Å². The van der Waals surface area contributed by atoms with Crippen molar-refractivity contribution in [2.45, 2.75) is 0 Å². The van der Waals surface area contributed by atoms with Crippen molar-refractivity contribution in [1.82, 2.24) is 10.9 Å². The molecule has 0 unspecified atom stereocenters. The van der Waals surface area contributed by atoms with Gasteiger partial charge in [0, 0.05) is 16.3 Å². The van der Waals surface area contributed by atoms with Gasteiger partial charge in [-0.15, -0.1) is 0 Å². The molecule has 0 bridgehead atoms. The Kier molecular flexibility index (Phi) is 7.12. The van der Waals surface area contributed by atoms with E-state index >= 15 is 0 Å². The van der Waals surface area contributed by atoms with Gasteiger partial charge in [-0.25, -0.2) is 0 Å². The number of carbonyl (C=O) groups is 3. The van der Waals surface area contributed by atoms with E-state index in [1.165, 1.54) is 31.4 Å². The predicted octanol–water partition coefficient (Wildman–Crippen LogP) is 4.33. The molecule has 0 aliphatic carbocycles. The van der Waals surface area contributed by atoms with Crippen LogP contribution in [0.25, 0.3) is 0 Å². The maximum absolute atomic E-state index is 12.6. The first-order valence-electron chi connectivity index (χ1n) is 8.99. The highest BCUT2D eigenvalue weighted by Gasteiger charge is 2.15. The minimum absolute atomic E-state index is 0.218. The lowest BCUT2D eigenvalue weighted by atomic mass is 10.1. The zero-order valence-electron chi connectivity index (χ0n) is 16.2. The molecule has 7 nitrogen and oxygen atoms in total. The molecule has 3 amide bonds. The van der Waals surface area contributed by atoms with Crippen molar-refractivity contribution in [2.75, 3.05) is 12.4 Å². The van der Waals surface area contributed by atoms with Crippen LogP contribution >= 0.6 is 23.2 Å². The second kappa shape index (κ2) is 9.97. The summed E-state index contributed by atoms with van der Waals surface area (Å²) in [6.45, 7) is 0. The molecule has 0 heterocycles. The standard InChI is InChI=1S/C22H17Cl2N3O4/c1-31-19-10-9-14(23)12-17(19)21(29)25-15-6-4-5-13(11-15)20(28)26-27-22(30)16-7-2-3-8-18(16)24/h2-12H,1H3,(H,25,29)(H,26,28)(H,27,30). The molecule has 0 fully saturated rings. The van der Waals surface area contributed by atoms with Crippen LogP contribution in [0.15, 0.2) is 66.7 Å². The Morgan fingerprint density at radius 3 is 2.26 bits per heavy atom. The van der Waals surface area contributed by atoms with Crippen LogP contribution in [-0.4, -0.2) is 24.8 Å². The third-order valence-electron chi connectivity index (χ3n) is 4.20. The van der Waals surface area contributed by atoms with Crippen LogP contribution in [0.5, 0.6) is 5.75 Å². The molecule has 3 N–H and O–H groups in total. The Bertz CT molecular complexity index is 1150. The van der Waals surface area contributed by atoms with E-state index in [-0.39, 0.29) is 21.7 Å². The Balaban J connectivity index is 1.68. The van der Waals surface area contributed by atoms with E-state index in [1.807, 2.05) is 0 Å². The Hall–Kier alpha value is -3.55. The van der Waals surface area contributed by atoms with E-state index in [0.717, 1.165) is 0 Å². The van der Waals surface area contributed by atoms with E-state index < -0.39 is 17.7 Å². The van der Waals surface area contributed by atoms with E-state index in [9.17, 15) is 14.4 Å². The van der Waals surface area contributed by atoms with Crippen molar-refractivity contribution in [2.24, 2.45) is 0 Å². The fourth-order valence-electron chi connectivity index (χ4n) is 2.69. The van der Waals surface area contributed by atoms with Gasteiger partial charge in [0.15, 0.2) is 0 Å². The molecule has 0 saturated carbocycles. The molecule has 0 radical (unpaired) electrons. The maximum Gasteiger partial charge on any atom is 0.271 e. The summed E-state index contributed by atoms with van der Waals surface area (Å²) in [5, 5.41) is 3.33. The molecular weight excluding hydrogens is 441 g/mol. The number of amides is 3. The normalized spacial score (nSPS) is 10.2. The first-order chi connectivity index (χ1) is 14.9. The van der Waals surface area contributed by atoms with Gasteiger partial charge in [-0.3, -0.25) is 25.2 Å². The molecular formula is C22H17Cl2N3O4. The number of hydrogen-bond donors (Lipinski definition) is 3. The van der Waals surface area contributed by atoms with Crippen LogP contribution in [0.4, 0.5) is 5.69 Å². The summed E-state index contributed by atoms with van der Waals surface area (Å²) in [6.07, 6.45) is 0. The number of halogens is 2. The fourth-order valence-corrected chi connectivity index (χ4v) is 3.09. The monoisotopic (exact) mass is 457 g/mol. The van der Waals surface area contributed by atoms with Crippen molar-refractivity contribution in [3.63, 3.8) is 0 Å². The molecule has 3 aromatic carbocycles. The summed E-state index contributed by atoms with van der Waals surface area (Å²) in [5.41, 5.74) is 5.68. The number of benzene rings is 3. The van der Waals surface area contributed by atoms with Gasteiger partial charge in [-0.2, -0.15) is 0 Å². The van der Waals surface area contributed by atoms with Crippen LogP contribution < -0.4 is 20.9 Å². The molecule has 158 valence electrons. The van der Waals surface area contributed by atoms with Gasteiger partial charge in [-0.05, 0) is 48.5 Å². The van der Waals surface area contributed by atoms with Crippen molar-refractivity contribution >= 4 is 46.6 Å². The van der Waals surface area contributed by atoms with E-state index in [0.29, 0.717) is 16.5 Å². The summed E-state index contributed by atoms with van der Waals surface area (Å²) < 4.78 is 5.19. The van der Waals surface area contributed by atoms with Gasteiger partial charge in [0.05, 0.1) is 23.3 Å². The zero-order valence-corrected chi connectivity index (χ0v) is 17.8. The Morgan fingerprint density at radius 1 is 0.774 bits per heavy atom. The quantitative estimate of drug-likeness (QED) is 0.496. The molecule has 0 atom stereocenters. The topological polar surface area (TPSA) is 96.5 Å². The molecule has 0 spiro atoms. The molecule has 0 aliphatic heterocycles. The Labute approximate surface area is 188 Å². The molecule has 0 aliphatic rings. The van der Waals surface area contributed by atoms with Crippen LogP contribution in [0.2, 0.25) is 10.0 Å². The second-order valence-corrected chi connectivity index (χ2v) is 7.11. The van der Waals surface area contributed by atoms with E-state index in [4.69, 9.17) is 27.9 Å². The summed E-state index contributed by atoms with van der Waals surface area (Å²) in [6, 6.07) is 17.3. The predicted molar refractivity (Wildman–Crippen MR) is 119 cm³/mol. The van der Waals surface area contributed by atoms with Crippen molar-refractivity contribution in [1.29, 1.82) is 0 Å². The first-order valence-corrected chi connectivity index (χ1v) is 9.75. The lowest BCUT2D eigenvalue weighted by molar-refractivity contribution is 0.0847. The van der Waals surface area contributed by atoms with E-state index in [2.05, 4.69) is 16.2 Å². The number of rotatable bonds is 5. The van der Waals surface area contributed by atoms with Gasteiger partial charge >= 0.3 is 0 Å². The summed E-state index contributed by atoms with van der Waals surface area (Å²) in [7, 11) is 1.45. The number of nitrogens with one attached hydrogen (secondary N) is 3. The molecule has 3 aromatic rings. The fraction of sp³-hybridized carbons (Fsp3) is 0.0455. The molecule has 3 rings (SSSR count). The van der Waals surface area contributed by atoms with Gasteiger partial charge < -0.3 is 10.1 Å². The van der Waals surface area contributed by atoms with Crippen LogP contribution in [-0.2, 0) is 0 Å². The maximum atomic E-state index is 12.6. The number of anilines is 1. The third-order valence-corrected chi connectivity index (χ3v) is 4.76. The first kappa shape index (κ1) is 22.1. The lowest BCUT2D eigenvalue weighted by Crippen LogP contribution is -2.41. The number of methoxy groups -OCH3 is 1. The number of ether oxygens (including phenoxy) is 1. The largest absolute Gasteiger partial charge is 0.496 e. The average molecular weight is 458 g/mol. The highest BCUT2D eigenvalue weighted by atomic mass is 35.5. The zero-order chi connectivity index (χ0) is 22.4. The van der Waals surface area contributed by atoms with Gasteiger partial charge in [0.2, 0.25) is 0 Å². The number of hydrogen-bond acceptors (Lipinski definition) is 4. The Morgan fingerprint density at radius 2 is 1.52 bits per heavy atom. The molecule has 9 heteroatoms. The minimum atomic E-state index is -0.572. The number of hydrazine groups is 1. The highest BCUT2D eigenvalue weighted by molar-refractivity contribution is 6.33. The third kappa shape index (κ3) is 5.53. The second-order valence-electron chi connectivity index (χ2n) is 6.27. The average Bonchev–Trinajstić information content (AvgIpc) is 2.77. The van der Waals surface area contributed by atoms with Crippen LogP contribution in [0.3, 0.4) is 0 Å². The van der Waals surface area contributed by atoms with Crippen molar-refractivity contribution < 1.29 is 19.1 Å². The number of carbonyl (C=O) groups excluding carboxylic acids is 3. The lowest BCUT2D eigenvalue weighted by Gasteiger charge is -2.11. The van der Waals surface area contributed by atoms with Gasteiger partial charge in [-0.1, -0.05) is 41.4 Å². The van der Waals surface area contributed by atoms with Gasteiger partial charge in [0.1, 0.15) is 5.75 Å². The summed E-state index contributed by atoms with van der Waals surface area (Å²) in [5.74, 6) is -1.23. The van der Waals surface area contributed by atoms with E-state index in [1.54, 1.807) is 42.5 Å². The highest BCUT2D eigenvalue weighted by Crippen LogP contribution is 2.24. The smallest absolute Gasteiger partial charge is 0.271 e. The molecule has 0 aromatic heterocycles. The molecule has 31 heavy (non-hydrogen) atoms.